The fraction of sp³-hybridized carbons (Fsp3) is 0.350. The molecule has 22 heavy (non-hydrogen) atoms. The highest BCUT2D eigenvalue weighted by Crippen LogP contribution is 2.25. The fourth-order valence-corrected chi connectivity index (χ4v) is 2.72. The summed E-state index contributed by atoms with van der Waals surface area (Å²) in [6, 6.07) is 12.1. The van der Waals surface area contributed by atoms with Crippen LogP contribution in [0, 0.1) is 11.8 Å². The molecule has 0 amide bonds. The summed E-state index contributed by atoms with van der Waals surface area (Å²) in [5.41, 5.74) is 1.79. The van der Waals surface area contributed by atoms with E-state index in [4.69, 9.17) is 4.74 Å². The molecule has 0 spiro atoms. The van der Waals surface area contributed by atoms with Gasteiger partial charge in [-0.15, -0.1) is 11.8 Å². The number of carbonyl (C=O) groups is 1. The second-order valence-electron chi connectivity index (χ2n) is 5.29. The van der Waals surface area contributed by atoms with Gasteiger partial charge in [0.25, 0.3) is 0 Å². The average Bonchev–Trinajstić information content (AvgIpc) is 2.57. The standard InChI is InChI=1S/C20H22O2/c1-3-4-5-6-7-8-13-18-17-12-10-9-11-16(17)14-15-19(18)20(21)22-2/h9-12,14-15H,5-8,13H2,1-2H3. The molecule has 0 fully saturated rings. The fourth-order valence-electron chi connectivity index (χ4n) is 2.72. The molecule has 0 bridgehead atoms. The van der Waals surface area contributed by atoms with E-state index >= 15 is 0 Å². The lowest BCUT2D eigenvalue weighted by atomic mass is 9.94. The highest BCUT2D eigenvalue weighted by atomic mass is 16.5. The second-order valence-corrected chi connectivity index (χ2v) is 5.29. The molecule has 0 saturated heterocycles. The number of hydrogen-bond donors (Lipinski definition) is 0. The maximum atomic E-state index is 12.0. The molecule has 114 valence electrons. The van der Waals surface area contributed by atoms with Gasteiger partial charge in [-0.1, -0.05) is 36.8 Å². The Morgan fingerprint density at radius 3 is 2.68 bits per heavy atom. The predicted octanol–water partition coefficient (Wildman–Crippen LogP) is 4.75. The quantitative estimate of drug-likeness (QED) is 0.436. The van der Waals surface area contributed by atoms with Crippen LogP contribution in [0.4, 0.5) is 0 Å². The molecule has 0 aliphatic heterocycles. The molecule has 0 heterocycles. The lowest BCUT2D eigenvalue weighted by molar-refractivity contribution is 0.0599. The van der Waals surface area contributed by atoms with E-state index in [0.29, 0.717) is 5.56 Å². The van der Waals surface area contributed by atoms with Gasteiger partial charge in [0.2, 0.25) is 0 Å². The van der Waals surface area contributed by atoms with Crippen molar-refractivity contribution < 1.29 is 9.53 Å². The van der Waals surface area contributed by atoms with Crippen LogP contribution in [-0.4, -0.2) is 13.1 Å². The zero-order valence-electron chi connectivity index (χ0n) is 13.3. The number of benzene rings is 2. The van der Waals surface area contributed by atoms with Gasteiger partial charge in [-0.25, -0.2) is 4.79 Å². The summed E-state index contributed by atoms with van der Waals surface area (Å²) in [5, 5.41) is 2.32. The zero-order chi connectivity index (χ0) is 15.8. The number of aryl methyl sites for hydroxylation is 1. The van der Waals surface area contributed by atoms with Gasteiger partial charge in [-0.2, -0.15) is 0 Å². The first-order valence-electron chi connectivity index (χ1n) is 7.76. The van der Waals surface area contributed by atoms with Crippen LogP contribution in [0.2, 0.25) is 0 Å². The van der Waals surface area contributed by atoms with E-state index in [1.807, 2.05) is 31.2 Å². The first-order chi connectivity index (χ1) is 10.8. The third kappa shape index (κ3) is 3.89. The van der Waals surface area contributed by atoms with E-state index in [1.54, 1.807) is 0 Å². The SMILES string of the molecule is CC#CCCCCCc1c(C(=O)OC)ccc2ccccc12. The molecule has 2 aromatic rings. The molecule has 2 nitrogen and oxygen atoms in total. The molecule has 2 aromatic carbocycles. The lowest BCUT2D eigenvalue weighted by Crippen LogP contribution is -2.06. The minimum absolute atomic E-state index is 0.252. The number of carbonyl (C=O) groups excluding carboxylic acids is 1. The van der Waals surface area contributed by atoms with Crippen LogP contribution in [-0.2, 0) is 11.2 Å². The molecule has 0 unspecified atom stereocenters. The summed E-state index contributed by atoms with van der Waals surface area (Å²) in [7, 11) is 1.44. The van der Waals surface area contributed by atoms with Gasteiger partial charge in [0.1, 0.15) is 0 Å². The monoisotopic (exact) mass is 294 g/mol. The topological polar surface area (TPSA) is 26.3 Å². The van der Waals surface area contributed by atoms with Crippen LogP contribution in [0.3, 0.4) is 0 Å². The van der Waals surface area contributed by atoms with Gasteiger partial charge >= 0.3 is 5.97 Å². The van der Waals surface area contributed by atoms with Crippen molar-refractivity contribution in [3.8, 4) is 11.8 Å². The van der Waals surface area contributed by atoms with E-state index in [2.05, 4.69) is 24.0 Å². The van der Waals surface area contributed by atoms with Crippen molar-refractivity contribution in [2.75, 3.05) is 7.11 Å². The Bertz CT molecular complexity index is 704. The van der Waals surface area contributed by atoms with E-state index in [-0.39, 0.29) is 5.97 Å². The first kappa shape index (κ1) is 16.1. The van der Waals surface area contributed by atoms with Crippen LogP contribution < -0.4 is 0 Å². The van der Waals surface area contributed by atoms with Crippen LogP contribution in [0.25, 0.3) is 10.8 Å². The number of unbranched alkanes of at least 4 members (excludes halogenated alkanes) is 3. The van der Waals surface area contributed by atoms with Crippen LogP contribution >= 0.6 is 0 Å². The van der Waals surface area contributed by atoms with Gasteiger partial charge < -0.3 is 4.74 Å². The van der Waals surface area contributed by atoms with Crippen molar-refractivity contribution in [2.45, 2.75) is 39.0 Å². The average molecular weight is 294 g/mol. The van der Waals surface area contributed by atoms with Crippen LogP contribution in [0.5, 0.6) is 0 Å². The second kappa shape index (κ2) is 8.24. The van der Waals surface area contributed by atoms with Crippen molar-refractivity contribution in [1.82, 2.24) is 0 Å². The molecule has 2 rings (SSSR count). The largest absolute Gasteiger partial charge is 0.465 e. The summed E-state index contributed by atoms with van der Waals surface area (Å²) in [6.45, 7) is 1.87. The minimum Gasteiger partial charge on any atom is -0.465 e. The highest BCUT2D eigenvalue weighted by Gasteiger charge is 2.14. The lowest BCUT2D eigenvalue weighted by Gasteiger charge is -2.11. The summed E-state index contributed by atoms with van der Waals surface area (Å²) in [4.78, 5) is 12.0. The maximum Gasteiger partial charge on any atom is 0.338 e. The minimum atomic E-state index is -0.252. The Labute approximate surface area is 132 Å². The predicted molar refractivity (Wildman–Crippen MR) is 90.9 cm³/mol. The van der Waals surface area contributed by atoms with E-state index in [1.165, 1.54) is 12.5 Å². The van der Waals surface area contributed by atoms with Gasteiger partial charge in [-0.3, -0.25) is 0 Å². The molecule has 2 heteroatoms. The van der Waals surface area contributed by atoms with Crippen molar-refractivity contribution >= 4 is 16.7 Å². The summed E-state index contributed by atoms with van der Waals surface area (Å²) in [5.74, 6) is 5.76. The Balaban J connectivity index is 2.20. The number of fused-ring (bicyclic) bond motifs is 1. The number of hydrogen-bond acceptors (Lipinski definition) is 2. The van der Waals surface area contributed by atoms with Gasteiger partial charge in [0.15, 0.2) is 0 Å². The smallest absolute Gasteiger partial charge is 0.338 e. The maximum absolute atomic E-state index is 12.0. The molecular formula is C20H22O2. The first-order valence-corrected chi connectivity index (χ1v) is 7.76. The third-order valence-corrected chi connectivity index (χ3v) is 3.85. The summed E-state index contributed by atoms with van der Waals surface area (Å²) < 4.78 is 4.93. The molecule has 0 aromatic heterocycles. The van der Waals surface area contributed by atoms with Gasteiger partial charge in [0, 0.05) is 6.42 Å². The molecular weight excluding hydrogens is 272 g/mol. The van der Waals surface area contributed by atoms with Crippen molar-refractivity contribution in [3.63, 3.8) is 0 Å². The van der Waals surface area contributed by atoms with Crippen molar-refractivity contribution in [1.29, 1.82) is 0 Å². The van der Waals surface area contributed by atoms with Crippen LogP contribution in [0.15, 0.2) is 36.4 Å². The van der Waals surface area contributed by atoms with E-state index in [9.17, 15) is 4.79 Å². The normalized spacial score (nSPS) is 10.1. The van der Waals surface area contributed by atoms with E-state index < -0.39 is 0 Å². The van der Waals surface area contributed by atoms with E-state index in [0.717, 1.165) is 43.1 Å². The molecule has 0 atom stereocenters. The van der Waals surface area contributed by atoms with Crippen LogP contribution in [0.1, 0.15) is 48.5 Å². The Morgan fingerprint density at radius 2 is 1.91 bits per heavy atom. The number of esters is 1. The van der Waals surface area contributed by atoms with Crippen molar-refractivity contribution in [3.05, 3.63) is 47.5 Å². The Hall–Kier alpha value is -2.27. The number of rotatable bonds is 6. The molecule has 0 saturated carbocycles. The molecule has 0 N–H and O–H groups in total. The van der Waals surface area contributed by atoms with Gasteiger partial charge in [-0.05, 0) is 48.6 Å². The Morgan fingerprint density at radius 1 is 1.09 bits per heavy atom. The molecule has 0 radical (unpaired) electrons. The molecule has 0 aliphatic rings. The summed E-state index contributed by atoms with van der Waals surface area (Å²) >= 11 is 0. The van der Waals surface area contributed by atoms with Gasteiger partial charge in [0.05, 0.1) is 12.7 Å². The Kier molecular flexibility index (Phi) is 6.03. The summed E-state index contributed by atoms with van der Waals surface area (Å²) in [6.07, 6.45) is 5.14. The third-order valence-electron chi connectivity index (χ3n) is 3.85. The molecule has 0 aliphatic carbocycles. The number of ether oxygens (including phenoxy) is 1. The highest BCUT2D eigenvalue weighted by molar-refractivity contribution is 5.98. The number of methoxy groups -OCH3 is 1. The van der Waals surface area contributed by atoms with Crippen molar-refractivity contribution in [2.24, 2.45) is 0 Å². The zero-order valence-corrected chi connectivity index (χ0v) is 13.3.